The maximum absolute atomic E-state index is 6.92. The van der Waals surface area contributed by atoms with Crippen LogP contribution in [0.25, 0.3) is 132 Å². The van der Waals surface area contributed by atoms with E-state index in [4.69, 9.17) is 23.8 Å². The summed E-state index contributed by atoms with van der Waals surface area (Å²) >= 11 is 1.79. The van der Waals surface area contributed by atoms with E-state index in [0.717, 1.165) is 93.6 Å². The lowest BCUT2D eigenvalue weighted by molar-refractivity contribution is 0.669. The molecular formula is C64H37N3O2S. The van der Waals surface area contributed by atoms with Crippen LogP contribution >= 0.6 is 11.3 Å². The van der Waals surface area contributed by atoms with Gasteiger partial charge in [-0.25, -0.2) is 15.0 Å². The first-order valence-corrected chi connectivity index (χ1v) is 24.4. The zero-order valence-corrected chi connectivity index (χ0v) is 38.2. The lowest BCUT2D eigenvalue weighted by atomic mass is 9.87. The number of nitrogens with zero attached hydrogens (tertiary/aromatic N) is 3. The number of benzene rings is 10. The average molecular weight is 912 g/mol. The Bertz CT molecular complexity index is 4430. The van der Waals surface area contributed by atoms with E-state index >= 15 is 0 Å². The number of hydrogen-bond acceptors (Lipinski definition) is 6. The molecule has 10 aromatic carbocycles. The molecule has 6 heteroatoms. The molecule has 0 fully saturated rings. The van der Waals surface area contributed by atoms with Crippen molar-refractivity contribution in [3.8, 4) is 67.5 Å². The minimum atomic E-state index is 0.149. The topological polar surface area (TPSA) is 65.0 Å². The highest BCUT2D eigenvalue weighted by Crippen LogP contribution is 2.51. The number of fused-ring (bicyclic) bond motifs is 12. The highest BCUT2D eigenvalue weighted by atomic mass is 32.1. The predicted molar refractivity (Wildman–Crippen MR) is 287 cm³/mol. The van der Waals surface area contributed by atoms with Crippen LogP contribution in [0.2, 0.25) is 0 Å². The highest BCUT2D eigenvalue weighted by Gasteiger charge is 2.31. The quantitative estimate of drug-likeness (QED) is 0.166. The largest absolute Gasteiger partial charge is 0.456 e. The summed E-state index contributed by atoms with van der Waals surface area (Å²) in [5, 5.41) is 6.60. The maximum atomic E-state index is 6.92. The molecular weight excluding hydrogens is 875 g/mol. The van der Waals surface area contributed by atoms with Gasteiger partial charge in [0.25, 0.3) is 0 Å². The number of para-hydroxylation sites is 2. The van der Waals surface area contributed by atoms with Gasteiger partial charge in [-0.3, -0.25) is 0 Å². The Morgan fingerprint density at radius 2 is 0.957 bits per heavy atom. The van der Waals surface area contributed by atoms with Gasteiger partial charge in [-0.05, 0) is 99.1 Å². The van der Waals surface area contributed by atoms with Gasteiger partial charge in [0.05, 0.1) is 0 Å². The molecule has 1 unspecified atom stereocenters. The molecule has 0 bridgehead atoms. The van der Waals surface area contributed by atoms with Crippen molar-refractivity contribution >= 4 is 75.4 Å². The first-order valence-electron chi connectivity index (χ1n) is 23.6. The fraction of sp³-hybridized carbons (Fsp3) is 0.0156. The monoisotopic (exact) mass is 911 g/mol. The summed E-state index contributed by atoms with van der Waals surface area (Å²) in [6.45, 7) is 0. The zero-order chi connectivity index (χ0) is 45.9. The Kier molecular flexibility index (Phi) is 8.52. The van der Waals surface area contributed by atoms with Gasteiger partial charge < -0.3 is 8.83 Å². The second kappa shape index (κ2) is 15.3. The van der Waals surface area contributed by atoms with Gasteiger partial charge in [0.1, 0.15) is 22.3 Å². The van der Waals surface area contributed by atoms with Crippen LogP contribution in [0.1, 0.15) is 22.6 Å². The summed E-state index contributed by atoms with van der Waals surface area (Å²) in [5.41, 5.74) is 17.1. The van der Waals surface area contributed by atoms with Crippen molar-refractivity contribution in [3.63, 3.8) is 0 Å². The third-order valence-corrected chi connectivity index (χ3v) is 15.4. The van der Waals surface area contributed by atoms with Gasteiger partial charge in [0, 0.05) is 69.9 Å². The van der Waals surface area contributed by atoms with Crippen molar-refractivity contribution in [1.29, 1.82) is 0 Å². The molecule has 0 spiro atoms. The highest BCUT2D eigenvalue weighted by molar-refractivity contribution is 7.26. The molecule has 0 saturated heterocycles. The van der Waals surface area contributed by atoms with Gasteiger partial charge in [-0.15, -0.1) is 11.3 Å². The van der Waals surface area contributed by atoms with E-state index in [1.807, 2.05) is 42.5 Å². The van der Waals surface area contributed by atoms with E-state index in [2.05, 4.69) is 176 Å². The predicted octanol–water partition coefficient (Wildman–Crippen LogP) is 17.5. The van der Waals surface area contributed by atoms with Crippen LogP contribution in [0.5, 0.6) is 0 Å². The van der Waals surface area contributed by atoms with Crippen LogP contribution < -0.4 is 0 Å². The molecule has 326 valence electrons. The van der Waals surface area contributed by atoms with Crippen molar-refractivity contribution in [2.24, 2.45) is 0 Å². The molecule has 70 heavy (non-hydrogen) atoms. The molecule has 0 amide bonds. The van der Waals surface area contributed by atoms with E-state index in [1.165, 1.54) is 37.2 Å². The van der Waals surface area contributed by atoms with E-state index in [0.29, 0.717) is 17.5 Å². The third kappa shape index (κ3) is 6.00. The van der Waals surface area contributed by atoms with Gasteiger partial charge in [0.2, 0.25) is 0 Å². The number of aromatic nitrogens is 3. The summed E-state index contributed by atoms with van der Waals surface area (Å²) < 4.78 is 15.6. The number of hydrogen-bond donors (Lipinski definition) is 0. The van der Waals surface area contributed by atoms with Gasteiger partial charge in [0.15, 0.2) is 17.5 Å². The van der Waals surface area contributed by atoms with Crippen molar-refractivity contribution in [2.75, 3.05) is 0 Å². The summed E-state index contributed by atoms with van der Waals surface area (Å²) in [6, 6.07) is 77.5. The molecule has 0 N–H and O–H groups in total. The SMILES string of the molecule is c1ccc(-c2nc(-c3ccc4c(c3)oc3ccccc34)nc(-c3cccc4sc5ccc(-c6ccc(-c7ccc8c(c7)C(c7ccccc7)c7ccccc7-8)c7oc8ccccc8c67)cc5c34)n2)cc1. The Labute approximate surface area is 405 Å². The van der Waals surface area contributed by atoms with Crippen LogP contribution in [0.4, 0.5) is 0 Å². The van der Waals surface area contributed by atoms with Gasteiger partial charge in [-0.1, -0.05) is 164 Å². The van der Waals surface area contributed by atoms with E-state index in [9.17, 15) is 0 Å². The van der Waals surface area contributed by atoms with Crippen LogP contribution in [-0.4, -0.2) is 15.0 Å². The standard InChI is InChI=1S/C64H37N3O2S/c1-3-14-37(15-4-1)58-48-20-8-7-18-44(48)45-29-26-40(34-51(45)58)43-32-31-42(60-49-21-10-12-24-54(49)69-61(43)60)39-28-33-56-52(35-39)59-50(22-13-25-57(59)70-56)64-66-62(38-16-5-2-6-17-38)65-63(67-64)41-27-30-47-46-19-9-11-23-53(46)68-55(47)36-41/h1-36,58H. The molecule has 0 radical (unpaired) electrons. The lowest BCUT2D eigenvalue weighted by Crippen LogP contribution is -2.00. The van der Waals surface area contributed by atoms with E-state index in [-0.39, 0.29) is 5.92 Å². The maximum Gasteiger partial charge on any atom is 0.164 e. The van der Waals surface area contributed by atoms with Crippen LogP contribution in [-0.2, 0) is 0 Å². The molecule has 4 heterocycles. The van der Waals surface area contributed by atoms with Crippen LogP contribution in [0.3, 0.4) is 0 Å². The zero-order valence-electron chi connectivity index (χ0n) is 37.4. The normalized spacial score (nSPS) is 13.3. The van der Waals surface area contributed by atoms with Crippen molar-refractivity contribution in [1.82, 2.24) is 15.0 Å². The molecule has 0 saturated carbocycles. The molecule has 15 rings (SSSR count). The Morgan fingerprint density at radius 1 is 0.329 bits per heavy atom. The minimum absolute atomic E-state index is 0.149. The molecule has 14 aromatic rings. The van der Waals surface area contributed by atoms with Gasteiger partial charge in [-0.2, -0.15) is 0 Å². The molecule has 4 aromatic heterocycles. The number of thiophene rings is 1. The fourth-order valence-electron chi connectivity index (χ4n) is 11.1. The van der Waals surface area contributed by atoms with Crippen molar-refractivity contribution in [2.45, 2.75) is 5.92 Å². The average Bonchev–Trinajstić information content (AvgIpc) is 4.19. The first kappa shape index (κ1) is 39.1. The fourth-order valence-corrected chi connectivity index (χ4v) is 12.2. The van der Waals surface area contributed by atoms with Crippen LogP contribution in [0, 0.1) is 0 Å². The number of rotatable bonds is 6. The Balaban J connectivity index is 0.895. The van der Waals surface area contributed by atoms with E-state index < -0.39 is 0 Å². The molecule has 5 nitrogen and oxygen atoms in total. The summed E-state index contributed by atoms with van der Waals surface area (Å²) in [4.78, 5) is 15.6. The van der Waals surface area contributed by atoms with Crippen LogP contribution in [0.15, 0.2) is 227 Å². The number of furan rings is 2. The van der Waals surface area contributed by atoms with Crippen molar-refractivity contribution in [3.05, 3.63) is 235 Å². The summed E-state index contributed by atoms with van der Waals surface area (Å²) in [7, 11) is 0. The Hall–Kier alpha value is -8.97. The summed E-state index contributed by atoms with van der Waals surface area (Å²) in [5.74, 6) is 1.96. The third-order valence-electron chi connectivity index (χ3n) is 14.2. The van der Waals surface area contributed by atoms with Gasteiger partial charge >= 0.3 is 0 Å². The lowest BCUT2D eigenvalue weighted by Gasteiger charge is -2.15. The minimum Gasteiger partial charge on any atom is -0.456 e. The smallest absolute Gasteiger partial charge is 0.164 e. The van der Waals surface area contributed by atoms with E-state index in [1.54, 1.807) is 11.3 Å². The summed E-state index contributed by atoms with van der Waals surface area (Å²) in [6.07, 6.45) is 0. The molecule has 1 atom stereocenters. The molecule has 0 aliphatic heterocycles. The molecule has 1 aliphatic rings. The second-order valence-electron chi connectivity index (χ2n) is 18.2. The Morgan fingerprint density at radius 3 is 1.83 bits per heavy atom. The second-order valence-corrected chi connectivity index (χ2v) is 19.3. The first-order chi connectivity index (χ1) is 34.7. The molecule has 1 aliphatic carbocycles. The van der Waals surface area contributed by atoms with Crippen molar-refractivity contribution < 1.29 is 8.83 Å².